The lowest BCUT2D eigenvalue weighted by molar-refractivity contribution is -0.158. The summed E-state index contributed by atoms with van der Waals surface area (Å²) in [6.45, 7) is 2.98. The molecule has 2 aromatic rings. The van der Waals surface area contributed by atoms with E-state index in [1.807, 2.05) is 0 Å². The number of nitrogens with zero attached hydrogens (tertiary/aromatic N) is 5. The number of pyridine rings is 1. The lowest BCUT2D eigenvalue weighted by atomic mass is 9.83. The van der Waals surface area contributed by atoms with Crippen molar-refractivity contribution in [1.82, 2.24) is 19.8 Å². The van der Waals surface area contributed by atoms with E-state index in [0.717, 1.165) is 0 Å². The Morgan fingerprint density at radius 3 is 2.64 bits per heavy atom. The number of hydrogen-bond donors (Lipinski definition) is 2. The number of aliphatic carboxylic acids is 1. The van der Waals surface area contributed by atoms with Gasteiger partial charge in [-0.15, -0.1) is 33.3 Å². The summed E-state index contributed by atoms with van der Waals surface area (Å²) in [7, 11) is 0. The number of halogens is 2. The zero-order valence-electron chi connectivity index (χ0n) is 17.1. The Labute approximate surface area is 214 Å². The number of thioether (sulfide) groups is 1. The van der Waals surface area contributed by atoms with Crippen LogP contribution in [0.2, 0.25) is 5.02 Å². The van der Waals surface area contributed by atoms with Gasteiger partial charge in [0, 0.05) is 31.6 Å². The van der Waals surface area contributed by atoms with Crippen LogP contribution in [0.3, 0.4) is 0 Å². The lowest BCUT2D eigenvalue weighted by Crippen LogP contribution is -2.76. The molecule has 15 heteroatoms. The van der Waals surface area contributed by atoms with Crippen molar-refractivity contribution in [3.63, 3.8) is 0 Å². The molecule has 0 aliphatic carbocycles. The van der Waals surface area contributed by atoms with E-state index in [-0.39, 0.29) is 21.8 Å². The fourth-order valence-electron chi connectivity index (χ4n) is 3.86. The number of thiol groups is 1. The second-order valence-corrected chi connectivity index (χ2v) is 11.8. The van der Waals surface area contributed by atoms with Crippen LogP contribution in [0.25, 0.3) is 0 Å². The average molecular weight is 595 g/mol. The molecule has 2 saturated heterocycles. The third-order valence-electron chi connectivity index (χ3n) is 5.56. The topological polar surface area (TPSA) is 126 Å². The minimum atomic E-state index is -1.37. The highest BCUT2D eigenvalue weighted by Crippen LogP contribution is 2.51. The first-order valence-electron chi connectivity index (χ1n) is 9.49. The van der Waals surface area contributed by atoms with Gasteiger partial charge in [0.15, 0.2) is 6.04 Å². The smallest absolute Gasteiger partial charge is 0.313 e. The highest BCUT2D eigenvalue weighted by atomic mass is 79.9. The SMILES string of the molecule is CC(=O)N(C1C(=O)N2CC(C(=O)O)(C(S)c3nnc(C)s3)CS[C@H]12)n1cc(Cl)c(=O)c(Br)c1. The van der Waals surface area contributed by atoms with Gasteiger partial charge in [0.1, 0.15) is 25.8 Å². The molecule has 0 spiro atoms. The molecule has 0 saturated carbocycles. The van der Waals surface area contributed by atoms with Crippen molar-refractivity contribution in [2.45, 2.75) is 30.5 Å². The van der Waals surface area contributed by atoms with E-state index >= 15 is 0 Å². The number of carboxylic acid groups (broad SMARTS) is 1. The van der Waals surface area contributed by atoms with Gasteiger partial charge in [-0.05, 0) is 22.9 Å². The molecule has 2 amide bonds. The first-order valence-corrected chi connectivity index (χ1v) is 13.0. The molecule has 1 N–H and O–H groups in total. The molecular weight excluding hydrogens is 578 g/mol. The summed E-state index contributed by atoms with van der Waals surface area (Å²) >= 11 is 16.2. The predicted molar refractivity (Wildman–Crippen MR) is 130 cm³/mol. The Hall–Kier alpha value is -1.61. The number of aryl methyl sites for hydroxylation is 1. The summed E-state index contributed by atoms with van der Waals surface area (Å²) in [5.74, 6) is -1.78. The van der Waals surface area contributed by atoms with Crippen LogP contribution in [0.1, 0.15) is 22.2 Å². The predicted octanol–water partition coefficient (Wildman–Crippen LogP) is 1.93. The molecule has 4 atom stereocenters. The van der Waals surface area contributed by atoms with Crippen LogP contribution in [0.15, 0.2) is 21.7 Å². The third kappa shape index (κ3) is 3.99. The van der Waals surface area contributed by atoms with Crippen LogP contribution in [0, 0.1) is 12.3 Å². The Balaban J connectivity index is 1.64. The zero-order valence-corrected chi connectivity index (χ0v) is 22.0. The third-order valence-corrected chi connectivity index (χ3v) is 9.75. The van der Waals surface area contributed by atoms with E-state index in [1.165, 1.54) is 57.0 Å². The van der Waals surface area contributed by atoms with Crippen molar-refractivity contribution < 1.29 is 19.5 Å². The van der Waals surface area contributed by atoms with Gasteiger partial charge < -0.3 is 10.0 Å². The van der Waals surface area contributed by atoms with E-state index in [2.05, 4.69) is 38.8 Å². The monoisotopic (exact) mass is 593 g/mol. The molecule has 0 radical (unpaired) electrons. The lowest BCUT2D eigenvalue weighted by Gasteiger charge is -2.56. The van der Waals surface area contributed by atoms with Crippen molar-refractivity contribution in [3.8, 4) is 0 Å². The fourth-order valence-corrected chi connectivity index (χ4v) is 7.64. The molecule has 4 heterocycles. The number of fused-ring (bicyclic) bond motifs is 1. The summed E-state index contributed by atoms with van der Waals surface area (Å²) < 4.78 is 1.44. The number of β-lactam (4-membered cyclic amide) rings is 1. The van der Waals surface area contributed by atoms with E-state index in [0.29, 0.717) is 10.0 Å². The summed E-state index contributed by atoms with van der Waals surface area (Å²) in [5, 5.41) is 19.1. The number of carboxylic acids is 1. The second-order valence-electron chi connectivity index (χ2n) is 7.66. The summed E-state index contributed by atoms with van der Waals surface area (Å²) in [6.07, 6.45) is 2.63. The Morgan fingerprint density at radius 2 is 2.09 bits per heavy atom. The van der Waals surface area contributed by atoms with Gasteiger partial charge >= 0.3 is 5.97 Å². The normalized spacial score (nSPS) is 25.2. The summed E-state index contributed by atoms with van der Waals surface area (Å²) in [6, 6.07) is -0.882. The van der Waals surface area contributed by atoms with Crippen molar-refractivity contribution in [3.05, 3.63) is 42.1 Å². The van der Waals surface area contributed by atoms with Gasteiger partial charge in [-0.2, -0.15) is 12.6 Å². The number of carbonyl (C=O) groups is 3. The number of hydrogen-bond acceptors (Lipinski definition) is 9. The van der Waals surface area contributed by atoms with Gasteiger partial charge in [-0.3, -0.25) is 23.9 Å². The molecule has 2 aromatic heterocycles. The Morgan fingerprint density at radius 1 is 1.39 bits per heavy atom. The molecule has 0 bridgehead atoms. The maximum atomic E-state index is 13.2. The number of rotatable bonds is 5. The van der Waals surface area contributed by atoms with Crippen molar-refractivity contribution >= 4 is 81.0 Å². The molecule has 0 aromatic carbocycles. The quantitative estimate of drug-likeness (QED) is 0.397. The number of aromatic nitrogens is 3. The molecule has 10 nitrogen and oxygen atoms in total. The van der Waals surface area contributed by atoms with Crippen molar-refractivity contribution in [1.29, 1.82) is 0 Å². The van der Waals surface area contributed by atoms with Crippen LogP contribution in [0.4, 0.5) is 0 Å². The minimum Gasteiger partial charge on any atom is -0.481 e. The highest BCUT2D eigenvalue weighted by Gasteiger charge is 2.62. The van der Waals surface area contributed by atoms with Crippen LogP contribution >= 0.6 is 63.3 Å². The van der Waals surface area contributed by atoms with Crippen LogP contribution in [-0.2, 0) is 14.4 Å². The van der Waals surface area contributed by atoms with E-state index in [4.69, 9.17) is 11.6 Å². The first kappa shape index (κ1) is 24.5. The van der Waals surface area contributed by atoms with E-state index < -0.39 is 45.3 Å². The molecule has 4 rings (SSSR count). The largest absolute Gasteiger partial charge is 0.481 e. The second kappa shape index (κ2) is 8.87. The molecule has 2 aliphatic heterocycles. The summed E-state index contributed by atoms with van der Waals surface area (Å²) in [5.41, 5.74) is -1.82. The van der Waals surface area contributed by atoms with Gasteiger partial charge in [0.2, 0.25) is 11.3 Å². The van der Waals surface area contributed by atoms with Crippen molar-refractivity contribution in [2.75, 3.05) is 17.3 Å². The molecular formula is C18H17BrClN5O5S3. The number of carbonyl (C=O) groups excluding carboxylic acids is 2. The van der Waals surface area contributed by atoms with Gasteiger partial charge in [-0.1, -0.05) is 11.6 Å². The fraction of sp³-hybridized carbons (Fsp3) is 0.444. The van der Waals surface area contributed by atoms with E-state index in [1.54, 1.807) is 6.92 Å². The molecule has 2 fully saturated rings. The minimum absolute atomic E-state index is 0.0809. The maximum Gasteiger partial charge on any atom is 0.313 e. The van der Waals surface area contributed by atoms with Crippen molar-refractivity contribution in [2.24, 2.45) is 5.41 Å². The van der Waals surface area contributed by atoms with Gasteiger partial charge in [0.25, 0.3) is 5.91 Å². The molecule has 176 valence electrons. The number of amides is 2. The summed E-state index contributed by atoms with van der Waals surface area (Å²) in [4.78, 5) is 51.4. The van der Waals surface area contributed by atoms with E-state index in [9.17, 15) is 24.3 Å². The van der Waals surface area contributed by atoms with Crippen LogP contribution in [0.5, 0.6) is 0 Å². The molecule has 2 aliphatic rings. The van der Waals surface area contributed by atoms with Gasteiger partial charge in [0.05, 0.1) is 9.72 Å². The van der Waals surface area contributed by atoms with Gasteiger partial charge in [-0.25, -0.2) is 5.01 Å². The highest BCUT2D eigenvalue weighted by molar-refractivity contribution is 9.10. The first-order chi connectivity index (χ1) is 15.5. The van der Waals surface area contributed by atoms with Crippen LogP contribution in [-0.4, -0.2) is 66.4 Å². The standard InChI is InChI=1S/C18H17BrClN5O5S3/c1-7-21-22-14(33-7)13(31)18(17(29)30)5-24-15(28)11(16(24)32-6-18)25(8(2)26)23-3-9(19)12(27)10(20)4-23/h3-4,11,13,16,31H,5-6H2,1-2H3,(H,29,30)/t11?,13?,16-,18?/m1/s1. The van der Waals surface area contributed by atoms with Crippen LogP contribution < -0.4 is 10.4 Å². The maximum absolute atomic E-state index is 13.2. The molecule has 3 unspecified atom stereocenters. The molecule has 33 heavy (non-hydrogen) atoms. The Kier molecular flexibility index (Phi) is 6.59. The average Bonchev–Trinajstić information content (AvgIpc) is 3.19. The zero-order chi connectivity index (χ0) is 24.2. The Bertz CT molecular complexity index is 1200.